The Bertz CT molecular complexity index is 607. The minimum absolute atomic E-state index is 1.14. The molecule has 0 spiro atoms. The second-order valence-corrected chi connectivity index (χ2v) is 5.00. The summed E-state index contributed by atoms with van der Waals surface area (Å²) in [6, 6.07) is 10.8. The first-order chi connectivity index (χ1) is 8.42. The quantitative estimate of drug-likeness (QED) is 0.654. The van der Waals surface area contributed by atoms with E-state index in [2.05, 4.69) is 48.6 Å². The third-order valence-corrected chi connectivity index (χ3v) is 4.02. The van der Waals surface area contributed by atoms with Gasteiger partial charge in [0.1, 0.15) is 0 Å². The van der Waals surface area contributed by atoms with Gasteiger partial charge in [0.05, 0.1) is 0 Å². The van der Waals surface area contributed by atoms with E-state index in [-0.39, 0.29) is 0 Å². The van der Waals surface area contributed by atoms with Crippen LogP contribution >= 0.6 is 0 Å². The molecule has 4 rings (SSSR count). The Morgan fingerprint density at radius 3 is 2.59 bits per heavy atom. The van der Waals surface area contributed by atoms with Gasteiger partial charge in [-0.1, -0.05) is 48.6 Å². The van der Waals surface area contributed by atoms with Crippen molar-refractivity contribution in [1.29, 1.82) is 0 Å². The number of fused-ring (bicyclic) bond motifs is 1. The van der Waals surface area contributed by atoms with Crippen molar-refractivity contribution in [1.82, 2.24) is 0 Å². The highest BCUT2D eigenvalue weighted by atomic mass is 14.3. The summed E-state index contributed by atoms with van der Waals surface area (Å²) in [7, 11) is 0. The van der Waals surface area contributed by atoms with Crippen LogP contribution < -0.4 is 0 Å². The van der Waals surface area contributed by atoms with Crippen molar-refractivity contribution in [2.45, 2.75) is 19.3 Å². The molecule has 0 N–H and O–H groups in total. The summed E-state index contributed by atoms with van der Waals surface area (Å²) < 4.78 is 0. The SMILES string of the molecule is C1=CC2=C(C1)C1=C(C=C(c3ccccc3)C1)C2. The summed E-state index contributed by atoms with van der Waals surface area (Å²) in [6.07, 6.45) is 10.5. The fourth-order valence-corrected chi connectivity index (χ4v) is 3.19. The van der Waals surface area contributed by atoms with Crippen LogP contribution in [0.1, 0.15) is 24.8 Å². The van der Waals surface area contributed by atoms with Gasteiger partial charge >= 0.3 is 0 Å². The van der Waals surface area contributed by atoms with Gasteiger partial charge in [-0.15, -0.1) is 0 Å². The average Bonchev–Trinajstić information content (AvgIpc) is 3.00. The molecule has 82 valence electrons. The van der Waals surface area contributed by atoms with E-state index in [4.69, 9.17) is 0 Å². The number of rotatable bonds is 1. The van der Waals surface area contributed by atoms with Crippen molar-refractivity contribution in [2.24, 2.45) is 0 Å². The first kappa shape index (κ1) is 9.23. The molecule has 0 nitrogen and oxygen atoms in total. The number of benzene rings is 1. The third kappa shape index (κ3) is 1.30. The predicted octanol–water partition coefficient (Wildman–Crippen LogP) is 4.43. The molecule has 0 aliphatic heterocycles. The Kier molecular flexibility index (Phi) is 1.81. The fourth-order valence-electron chi connectivity index (χ4n) is 3.19. The molecule has 0 unspecified atom stereocenters. The largest absolute Gasteiger partial charge is 0.0798 e. The smallest absolute Gasteiger partial charge is 0.00139 e. The zero-order valence-electron chi connectivity index (χ0n) is 9.74. The normalized spacial score (nSPS) is 21.1. The van der Waals surface area contributed by atoms with Crippen LogP contribution in [0.2, 0.25) is 0 Å². The highest BCUT2D eigenvalue weighted by molar-refractivity contribution is 5.79. The lowest BCUT2D eigenvalue weighted by molar-refractivity contribution is 1.19. The minimum atomic E-state index is 1.14. The van der Waals surface area contributed by atoms with Gasteiger partial charge in [-0.2, -0.15) is 0 Å². The van der Waals surface area contributed by atoms with E-state index >= 15 is 0 Å². The van der Waals surface area contributed by atoms with E-state index in [9.17, 15) is 0 Å². The molecule has 0 atom stereocenters. The van der Waals surface area contributed by atoms with Crippen LogP contribution in [0.3, 0.4) is 0 Å². The number of hydrogen-bond acceptors (Lipinski definition) is 0. The van der Waals surface area contributed by atoms with Gasteiger partial charge < -0.3 is 0 Å². The van der Waals surface area contributed by atoms with Gasteiger partial charge in [-0.25, -0.2) is 0 Å². The lowest BCUT2D eigenvalue weighted by Gasteiger charge is -2.06. The van der Waals surface area contributed by atoms with Crippen LogP contribution in [0.25, 0.3) is 5.57 Å². The first-order valence-corrected chi connectivity index (χ1v) is 6.29. The van der Waals surface area contributed by atoms with Gasteiger partial charge in [0.2, 0.25) is 0 Å². The summed E-state index contributed by atoms with van der Waals surface area (Å²) in [5.41, 5.74) is 9.24. The lowest BCUT2D eigenvalue weighted by Crippen LogP contribution is -1.86. The molecule has 0 heterocycles. The van der Waals surface area contributed by atoms with E-state index in [0.717, 1.165) is 19.3 Å². The van der Waals surface area contributed by atoms with Gasteiger partial charge in [-0.3, -0.25) is 0 Å². The summed E-state index contributed by atoms with van der Waals surface area (Å²) in [6.45, 7) is 0. The van der Waals surface area contributed by atoms with Crippen molar-refractivity contribution in [2.75, 3.05) is 0 Å². The Balaban J connectivity index is 1.66. The lowest BCUT2D eigenvalue weighted by atomic mass is 9.98. The molecule has 0 bridgehead atoms. The molecule has 0 radical (unpaired) electrons. The standard InChI is InChI=1S/C17H14/c1-2-5-12(6-3-1)14-10-15-9-13-7-4-8-16(13)17(15)11-14/h1-7,10H,8-9,11H2. The van der Waals surface area contributed by atoms with Gasteiger partial charge in [-0.05, 0) is 52.7 Å². The Hall–Kier alpha value is -1.82. The van der Waals surface area contributed by atoms with E-state index in [0.29, 0.717) is 0 Å². The Labute approximate surface area is 102 Å². The zero-order chi connectivity index (χ0) is 11.2. The Morgan fingerprint density at radius 1 is 0.824 bits per heavy atom. The first-order valence-electron chi connectivity index (χ1n) is 6.29. The van der Waals surface area contributed by atoms with Crippen molar-refractivity contribution in [3.05, 3.63) is 76.4 Å². The van der Waals surface area contributed by atoms with Crippen LogP contribution in [-0.4, -0.2) is 0 Å². The summed E-state index contributed by atoms with van der Waals surface area (Å²) in [5, 5.41) is 0. The van der Waals surface area contributed by atoms with Crippen LogP contribution in [0.4, 0.5) is 0 Å². The van der Waals surface area contributed by atoms with Crippen molar-refractivity contribution in [3.63, 3.8) is 0 Å². The maximum Gasteiger partial charge on any atom is -0.00139 e. The minimum Gasteiger partial charge on any atom is -0.0798 e. The van der Waals surface area contributed by atoms with E-state index < -0.39 is 0 Å². The molecular weight excluding hydrogens is 204 g/mol. The predicted molar refractivity (Wildman–Crippen MR) is 71.5 cm³/mol. The molecule has 0 heteroatoms. The molecule has 0 saturated heterocycles. The van der Waals surface area contributed by atoms with Crippen molar-refractivity contribution < 1.29 is 0 Å². The molecule has 17 heavy (non-hydrogen) atoms. The highest BCUT2D eigenvalue weighted by Gasteiger charge is 2.28. The van der Waals surface area contributed by atoms with Gasteiger partial charge in [0, 0.05) is 0 Å². The highest BCUT2D eigenvalue weighted by Crippen LogP contribution is 2.47. The molecule has 3 aliphatic carbocycles. The molecule has 3 aliphatic rings. The third-order valence-electron chi connectivity index (χ3n) is 4.02. The topological polar surface area (TPSA) is 0 Å². The van der Waals surface area contributed by atoms with Crippen LogP contribution in [0, 0.1) is 0 Å². The van der Waals surface area contributed by atoms with Crippen LogP contribution in [0.5, 0.6) is 0 Å². The zero-order valence-corrected chi connectivity index (χ0v) is 9.74. The molecular formula is C17H14. The molecule has 0 fully saturated rings. The monoisotopic (exact) mass is 218 g/mol. The molecule has 0 amide bonds. The van der Waals surface area contributed by atoms with Gasteiger partial charge in [0.15, 0.2) is 0 Å². The van der Waals surface area contributed by atoms with Crippen molar-refractivity contribution >= 4 is 5.57 Å². The maximum absolute atomic E-state index is 2.41. The van der Waals surface area contributed by atoms with E-state index in [1.54, 1.807) is 22.3 Å². The second-order valence-electron chi connectivity index (χ2n) is 5.00. The summed E-state index contributed by atoms with van der Waals surface area (Å²) in [5.74, 6) is 0. The summed E-state index contributed by atoms with van der Waals surface area (Å²) in [4.78, 5) is 0. The Morgan fingerprint density at radius 2 is 1.71 bits per heavy atom. The average molecular weight is 218 g/mol. The van der Waals surface area contributed by atoms with Crippen LogP contribution in [0.15, 0.2) is 70.9 Å². The van der Waals surface area contributed by atoms with Gasteiger partial charge in [0.25, 0.3) is 0 Å². The molecule has 1 aromatic carbocycles. The maximum atomic E-state index is 2.41. The van der Waals surface area contributed by atoms with Crippen LogP contribution in [-0.2, 0) is 0 Å². The number of hydrogen-bond donors (Lipinski definition) is 0. The molecule has 0 aromatic heterocycles. The summed E-state index contributed by atoms with van der Waals surface area (Å²) >= 11 is 0. The fraction of sp³-hybridized carbons (Fsp3) is 0.176. The van der Waals surface area contributed by atoms with E-state index in [1.165, 1.54) is 11.1 Å². The van der Waals surface area contributed by atoms with Crippen molar-refractivity contribution in [3.8, 4) is 0 Å². The number of allylic oxidation sites excluding steroid dienone is 8. The second kappa shape index (κ2) is 3.33. The molecule has 0 saturated carbocycles. The van der Waals surface area contributed by atoms with E-state index in [1.807, 2.05) is 0 Å². The molecule has 1 aromatic rings.